The number of hydrogen-bond acceptors (Lipinski definition) is 22. The minimum absolute atomic E-state index is 0.00400. The summed E-state index contributed by atoms with van der Waals surface area (Å²) in [5, 5.41) is 27.1. The van der Waals surface area contributed by atoms with Crippen molar-refractivity contribution in [3.8, 4) is 22.9 Å². The summed E-state index contributed by atoms with van der Waals surface area (Å²) in [5.41, 5.74) is 27.0. The number of piperazine rings is 1. The normalized spacial score (nSPS) is 13.1. The molecule has 1 fully saturated rings. The highest BCUT2D eigenvalue weighted by molar-refractivity contribution is 7.09. The van der Waals surface area contributed by atoms with Crippen LogP contribution in [0.4, 0.5) is 26.9 Å². The maximum absolute atomic E-state index is 12.4. The number of benzene rings is 7. The highest BCUT2D eigenvalue weighted by Crippen LogP contribution is 2.35. The minimum Gasteiger partial charge on any atom is -0.474 e. The fraction of sp³-hybridized carbons (Fsp3) is 0.479. The van der Waals surface area contributed by atoms with Crippen molar-refractivity contribution in [3.63, 3.8) is 0 Å². The van der Waals surface area contributed by atoms with E-state index in [1.165, 1.54) is 69.3 Å². The number of nitrogens with zero attached hydrogens (tertiary/aromatic N) is 15. The van der Waals surface area contributed by atoms with Crippen LogP contribution in [0.2, 0.25) is 0 Å². The fourth-order valence-electron chi connectivity index (χ4n) is 15.6. The van der Waals surface area contributed by atoms with Gasteiger partial charge in [-0.25, -0.2) is 38.9 Å². The fourth-order valence-corrected chi connectivity index (χ4v) is 16.2. The molecular formula is C119H168N18O7S. The second kappa shape index (κ2) is 56.8. The van der Waals surface area contributed by atoms with E-state index in [2.05, 4.69) is 307 Å². The van der Waals surface area contributed by atoms with Crippen molar-refractivity contribution in [2.24, 2.45) is 5.73 Å². The van der Waals surface area contributed by atoms with Gasteiger partial charge in [0.1, 0.15) is 67.8 Å². The number of Topliss-reactive ketones (excluding diaryl/α,β-unsaturated/α-hetero) is 1. The van der Waals surface area contributed by atoms with Gasteiger partial charge in [-0.1, -0.05) is 233 Å². The first-order valence-electron chi connectivity index (χ1n) is 51.8. The number of carbonyl (C=O) groups is 3. The van der Waals surface area contributed by atoms with Crippen LogP contribution in [0.15, 0.2) is 212 Å². The Morgan fingerprint density at radius 1 is 0.490 bits per heavy atom. The number of rotatable bonds is 21. The predicted octanol–water partition coefficient (Wildman–Crippen LogP) is 27.3. The number of alkyl carbamates (subject to hydrolysis) is 1. The summed E-state index contributed by atoms with van der Waals surface area (Å²) in [7, 11) is 3.96. The molecule has 1 saturated heterocycles. The maximum Gasteiger partial charge on any atom is 0.414 e. The first-order chi connectivity index (χ1) is 68.5. The quantitative estimate of drug-likeness (QED) is 0.0445. The Balaban J connectivity index is 0.000000201. The van der Waals surface area contributed by atoms with E-state index in [1.54, 1.807) is 69.1 Å². The molecular weight excluding hydrogens is 1830 g/mol. The van der Waals surface area contributed by atoms with Crippen LogP contribution in [0.25, 0.3) is 11.4 Å². The van der Waals surface area contributed by atoms with Gasteiger partial charge in [-0.2, -0.15) is 5.10 Å². The molecule has 8 heterocycles. The Labute approximate surface area is 871 Å². The Morgan fingerprint density at radius 2 is 1.02 bits per heavy atom. The van der Waals surface area contributed by atoms with Crippen molar-refractivity contribution in [3.05, 3.63) is 307 Å². The molecule has 0 unspecified atom stereocenters. The van der Waals surface area contributed by atoms with Gasteiger partial charge in [0.25, 0.3) is 0 Å². The van der Waals surface area contributed by atoms with Crippen LogP contribution in [0.3, 0.4) is 0 Å². The standard InChI is InChI=1S/C18H27NO.C17H24N4O2.C17H25NO2.C15H16O.C13H20N4O.C13H17N3.C12H16.C9H15N3.C5H8N2S/c1-13(2)15-7-8-17-12-19(10-9-16(17)11-15)14(3)20-18(4,5)6;1-12(2)13-7-6-8-14(9-13)21-15(11-19-20-21)10-18-16(22)23-17(3,4)5;1-12(2)14-9-8-13-7-6-10-18(15(13)11-14)16(19)20-17(3,4)5;1-12(2)13-8-10-15(11-9-13)16-14-6-4-3-5-7-14;1-9(2)13-15-11(10(3)18)8-12(16-13)17-6-4-14-5-7-17;1-10(2)11-4-3-5-12(8-11)16-13(9-14)6-7-15-16;1-9(2)11-7-6-10-4-3-5-12(10)8-11;1-7(2)9-10-6-5-8(11-9)12(3)4;1-4(2)5-7-6-3-8-5/h7-8,11,13H,3,9-10,12H2,1-2,4-6H3;6-9,11-12H,10H2,1-5H3,(H,18,22);8-9,11-12H,6-7,10H2,1-5H3;3-12H,1-2H3;8-9,14H,4-7H2,1-3H3;3-8,10H,9,14H2,1-2H3;6-9H,3-5H2,1-2H3;5-7H,1-4H3;3-4H,1-2H3. The summed E-state index contributed by atoms with van der Waals surface area (Å²) < 4.78 is 26.0. The largest absolute Gasteiger partial charge is 0.474 e. The maximum atomic E-state index is 12.4. The molecule has 5 aromatic heterocycles. The summed E-state index contributed by atoms with van der Waals surface area (Å²) in [4.78, 5) is 61.3. The van der Waals surface area contributed by atoms with E-state index in [-0.39, 0.29) is 23.4 Å². The number of ketones is 1. The van der Waals surface area contributed by atoms with Gasteiger partial charge in [-0.15, -0.1) is 26.6 Å². The lowest BCUT2D eigenvalue weighted by molar-refractivity contribution is -0.000714. The number of carbonyl (C=O) groups excluding carboxylic acids is 3. The molecule has 3 aliphatic heterocycles. The van der Waals surface area contributed by atoms with Crippen molar-refractivity contribution in [2.45, 2.75) is 322 Å². The Bertz CT molecular complexity index is 5930. The van der Waals surface area contributed by atoms with Gasteiger partial charge in [0.15, 0.2) is 11.7 Å². The van der Waals surface area contributed by atoms with Gasteiger partial charge in [-0.05, 0) is 271 Å². The molecule has 25 nitrogen and oxygen atoms in total. The molecule has 782 valence electrons. The highest BCUT2D eigenvalue weighted by atomic mass is 32.1. The van der Waals surface area contributed by atoms with Crippen molar-refractivity contribution in [1.82, 2.24) is 70.4 Å². The van der Waals surface area contributed by atoms with E-state index >= 15 is 0 Å². The number of para-hydroxylation sites is 1. The second-order valence-corrected chi connectivity index (χ2v) is 43.9. The smallest absolute Gasteiger partial charge is 0.414 e. The molecule has 2 amide bonds. The lowest BCUT2D eigenvalue weighted by Crippen LogP contribution is -2.44. The van der Waals surface area contributed by atoms with Crippen molar-refractivity contribution in [1.29, 1.82) is 0 Å². The van der Waals surface area contributed by atoms with Gasteiger partial charge in [-0.3, -0.25) is 9.69 Å². The van der Waals surface area contributed by atoms with Crippen LogP contribution in [-0.4, -0.2) is 148 Å². The monoisotopic (exact) mass is 1990 g/mol. The lowest BCUT2D eigenvalue weighted by atomic mass is 9.93. The Kier molecular flexibility index (Phi) is 46.1. The SMILES string of the molecule is C=C(OC(C)(C)C)N1CCc2cc(C(C)C)ccc2C1.CC(=O)c1cc(N2CCNCC2)nc(C(C)C)n1.CC(C)c1ccc(Oc2ccccc2)cc1.CC(C)c1ccc2c(c1)CCC2.CC(C)c1ccc2c(c1)N(C(=O)OC(C)(C)C)CCC2.CC(C)c1cccc(-n2nccc2CN)c1.CC(C)c1cccc(-n2nncc2CNC(=O)OC(C)(C)C)c1.CC(C)c1nccc(N(C)C)n1.CC(C)c1nncs1. The zero-order valence-electron chi connectivity index (χ0n) is 92.6. The molecule has 26 heteroatoms. The van der Waals surface area contributed by atoms with E-state index in [9.17, 15) is 14.4 Å². The number of amides is 2. The van der Waals surface area contributed by atoms with Crippen LogP contribution in [0.1, 0.15) is 360 Å². The van der Waals surface area contributed by atoms with Crippen LogP contribution < -0.4 is 35.8 Å². The molecule has 0 saturated carbocycles. The molecule has 4 aliphatic rings. The van der Waals surface area contributed by atoms with Gasteiger partial charge < -0.3 is 50.0 Å². The number of aromatic nitrogens is 11. The first kappa shape index (κ1) is 118. The van der Waals surface area contributed by atoms with E-state index in [4.69, 9.17) is 24.7 Å². The first-order valence-corrected chi connectivity index (χ1v) is 52.7. The summed E-state index contributed by atoms with van der Waals surface area (Å²) in [6.07, 6.45) is 11.6. The van der Waals surface area contributed by atoms with Gasteiger partial charge in [0.05, 0.1) is 41.2 Å². The number of aryl methyl sites for hydroxylation is 3. The summed E-state index contributed by atoms with van der Waals surface area (Å²) in [5.74, 6) is 10.4. The molecule has 0 radical (unpaired) electrons. The van der Waals surface area contributed by atoms with Gasteiger partial charge in [0, 0.05) is 110 Å². The van der Waals surface area contributed by atoms with Crippen molar-refractivity contribution < 1.29 is 33.3 Å². The summed E-state index contributed by atoms with van der Waals surface area (Å²) >= 11 is 1.61. The number of nitrogens with one attached hydrogen (secondary N) is 2. The third-order valence-electron chi connectivity index (χ3n) is 24.0. The lowest BCUT2D eigenvalue weighted by Gasteiger charge is -2.35. The highest BCUT2D eigenvalue weighted by Gasteiger charge is 2.30. The van der Waals surface area contributed by atoms with Crippen molar-refractivity contribution >= 4 is 46.6 Å². The molecule has 7 aromatic carbocycles. The number of nitrogens with two attached hydrogens (primary N) is 1. The van der Waals surface area contributed by atoms with Crippen LogP contribution in [0.5, 0.6) is 11.5 Å². The summed E-state index contributed by atoms with van der Waals surface area (Å²) in [6.45, 7) is 69.1. The van der Waals surface area contributed by atoms with Crippen molar-refractivity contribution in [2.75, 3.05) is 68.1 Å². The number of ether oxygens (including phenoxy) is 4. The molecule has 0 atom stereocenters. The average Bonchev–Trinajstić information content (AvgIpc) is 1.17. The minimum atomic E-state index is -0.520. The molecule has 1 aliphatic carbocycles. The molecule has 0 spiro atoms. The number of fused-ring (bicyclic) bond motifs is 3. The van der Waals surface area contributed by atoms with Gasteiger partial charge >= 0.3 is 12.2 Å². The van der Waals surface area contributed by atoms with E-state index in [1.807, 2.05) is 146 Å². The molecule has 0 bridgehead atoms. The predicted molar refractivity (Wildman–Crippen MR) is 596 cm³/mol. The molecule has 16 rings (SSSR count). The number of hydrogen-bond donors (Lipinski definition) is 3. The van der Waals surface area contributed by atoms with E-state index in [0.717, 1.165) is 139 Å². The number of anilines is 3. The van der Waals surface area contributed by atoms with E-state index < -0.39 is 17.3 Å². The zero-order valence-corrected chi connectivity index (χ0v) is 93.4. The average molecular weight is 1990 g/mol. The molecule has 145 heavy (non-hydrogen) atoms. The third kappa shape index (κ3) is 39.4. The van der Waals surface area contributed by atoms with Crippen LogP contribution in [0, 0.1) is 0 Å². The molecule has 4 N–H and O–H groups in total. The molecule has 12 aromatic rings. The van der Waals surface area contributed by atoms with Crippen LogP contribution >= 0.6 is 11.3 Å². The zero-order chi connectivity index (χ0) is 107. The second-order valence-electron chi connectivity index (χ2n) is 43.0. The van der Waals surface area contributed by atoms with Gasteiger partial charge in [0.2, 0.25) is 0 Å². The topological polar surface area (TPSA) is 277 Å². The Morgan fingerprint density at radius 3 is 1.55 bits per heavy atom. The third-order valence-corrected chi connectivity index (χ3v) is 25.0. The van der Waals surface area contributed by atoms with E-state index in [0.29, 0.717) is 66.1 Å². The Hall–Kier alpha value is -12.5. The van der Waals surface area contributed by atoms with Crippen LogP contribution in [-0.2, 0) is 59.5 Å². The summed E-state index contributed by atoms with van der Waals surface area (Å²) in [6, 6.07) is 60.6.